The fraction of sp³-hybridized carbons (Fsp3) is 0.0952. The average molecular weight is 412 g/mol. The first-order chi connectivity index (χ1) is 13.4. The van der Waals surface area contributed by atoms with Crippen molar-refractivity contribution < 1.29 is 8.42 Å². The Morgan fingerprint density at radius 1 is 0.964 bits per heavy atom. The molecule has 0 aliphatic carbocycles. The zero-order valence-corrected chi connectivity index (χ0v) is 16.8. The first-order valence-electron chi connectivity index (χ1n) is 8.65. The third-order valence-electron chi connectivity index (χ3n) is 4.31. The summed E-state index contributed by atoms with van der Waals surface area (Å²) in [6.07, 6.45) is 0.603. The molecule has 3 aromatic carbocycles. The smallest absolute Gasteiger partial charge is 0.261 e. The summed E-state index contributed by atoms with van der Waals surface area (Å²) in [7, 11) is -3.68. The number of benzene rings is 3. The zero-order valence-electron chi connectivity index (χ0n) is 15.0. The fourth-order valence-corrected chi connectivity index (χ4v) is 4.38. The third kappa shape index (κ3) is 4.74. The molecule has 3 aromatic rings. The Morgan fingerprint density at radius 2 is 1.57 bits per heavy atom. The van der Waals surface area contributed by atoms with E-state index in [0.717, 1.165) is 11.1 Å². The highest BCUT2D eigenvalue weighted by molar-refractivity contribution is 7.92. The van der Waals surface area contributed by atoms with Gasteiger partial charge in [-0.3, -0.25) is 10.1 Å². The molecule has 1 unspecified atom stereocenters. The topological polar surface area (TPSA) is 96.0 Å². The second-order valence-corrected chi connectivity index (χ2v) is 8.64. The lowest BCUT2D eigenvalue weighted by atomic mass is 10.0. The van der Waals surface area contributed by atoms with Crippen molar-refractivity contribution in [1.29, 1.82) is 5.41 Å². The summed E-state index contributed by atoms with van der Waals surface area (Å²) in [5.74, 6) is 0.0228. The Labute approximate surface area is 170 Å². The van der Waals surface area contributed by atoms with Crippen molar-refractivity contribution in [2.24, 2.45) is 5.73 Å². The molecule has 0 fully saturated rings. The zero-order chi connectivity index (χ0) is 20.1. The molecule has 0 aromatic heterocycles. The summed E-state index contributed by atoms with van der Waals surface area (Å²) in [4.78, 5) is 0.209. The molecule has 5 nitrogen and oxygen atoms in total. The highest BCUT2D eigenvalue weighted by Gasteiger charge is 2.18. The number of sulfonamides is 1. The summed E-state index contributed by atoms with van der Waals surface area (Å²) in [6, 6.07) is 22.9. The maximum atomic E-state index is 12.7. The van der Waals surface area contributed by atoms with Gasteiger partial charge in [-0.25, -0.2) is 8.42 Å². The van der Waals surface area contributed by atoms with Gasteiger partial charge < -0.3 is 5.73 Å². The second kappa shape index (κ2) is 8.50. The lowest BCUT2D eigenvalue weighted by Gasteiger charge is -2.17. The van der Waals surface area contributed by atoms with Crippen molar-refractivity contribution in [1.82, 2.24) is 0 Å². The minimum absolute atomic E-state index is 0.0228. The first kappa shape index (κ1) is 20.0. The van der Waals surface area contributed by atoms with Crippen molar-refractivity contribution in [3.63, 3.8) is 0 Å². The molecule has 0 amide bonds. The van der Waals surface area contributed by atoms with Crippen LogP contribution in [0.25, 0.3) is 0 Å². The number of amidine groups is 1. The monoisotopic (exact) mass is 411 g/mol. The summed E-state index contributed by atoms with van der Waals surface area (Å²) in [5, 5.41) is 7.25. The van der Waals surface area contributed by atoms with Gasteiger partial charge in [0.25, 0.3) is 10.0 Å². The van der Waals surface area contributed by atoms with Crippen LogP contribution in [-0.2, 0) is 16.4 Å². The maximum absolute atomic E-state index is 12.7. The van der Waals surface area contributed by atoms with Crippen molar-refractivity contribution >= 4 is 34.2 Å². The van der Waals surface area contributed by atoms with E-state index in [0.29, 0.717) is 17.7 Å². The van der Waals surface area contributed by atoms with Gasteiger partial charge in [0.2, 0.25) is 0 Å². The minimum atomic E-state index is -3.68. The number of thiol groups is 1. The van der Waals surface area contributed by atoms with Gasteiger partial charge in [-0.15, -0.1) is 0 Å². The van der Waals surface area contributed by atoms with E-state index in [1.165, 1.54) is 0 Å². The molecule has 0 saturated heterocycles. The van der Waals surface area contributed by atoms with Crippen molar-refractivity contribution in [3.8, 4) is 0 Å². The molecule has 0 radical (unpaired) electrons. The number of hydrogen-bond acceptors (Lipinski definition) is 4. The number of rotatable bonds is 7. The molecule has 0 saturated carbocycles. The molecule has 0 aliphatic heterocycles. The molecule has 0 heterocycles. The van der Waals surface area contributed by atoms with E-state index in [1.807, 2.05) is 24.3 Å². The van der Waals surface area contributed by atoms with E-state index in [-0.39, 0.29) is 16.0 Å². The maximum Gasteiger partial charge on any atom is 0.261 e. The number of para-hydroxylation sites is 1. The Morgan fingerprint density at radius 3 is 2.21 bits per heavy atom. The van der Waals surface area contributed by atoms with E-state index in [2.05, 4.69) is 4.72 Å². The molecule has 144 valence electrons. The van der Waals surface area contributed by atoms with Gasteiger partial charge >= 0.3 is 0 Å². The van der Waals surface area contributed by atoms with E-state index >= 15 is 0 Å². The van der Waals surface area contributed by atoms with E-state index in [4.69, 9.17) is 23.8 Å². The van der Waals surface area contributed by atoms with Crippen LogP contribution in [0.2, 0.25) is 0 Å². The van der Waals surface area contributed by atoms with E-state index in [9.17, 15) is 8.42 Å². The van der Waals surface area contributed by atoms with Crippen LogP contribution in [0.15, 0.2) is 83.8 Å². The Kier molecular flexibility index (Phi) is 6.06. The number of nitrogens with one attached hydrogen (secondary N) is 2. The Bertz CT molecular complexity index is 1070. The predicted molar refractivity (Wildman–Crippen MR) is 117 cm³/mol. The quantitative estimate of drug-likeness (QED) is 0.269. The lowest BCUT2D eigenvalue weighted by Crippen LogP contribution is -2.15. The molecule has 4 N–H and O–H groups in total. The summed E-state index contributed by atoms with van der Waals surface area (Å²) >= 11 is 4.70. The van der Waals surface area contributed by atoms with Crippen LogP contribution in [-0.4, -0.2) is 14.3 Å². The van der Waals surface area contributed by atoms with Gasteiger partial charge in [-0.1, -0.05) is 60.7 Å². The molecule has 0 aliphatic rings. The van der Waals surface area contributed by atoms with Crippen molar-refractivity contribution in [2.45, 2.75) is 16.6 Å². The Balaban J connectivity index is 1.82. The summed E-state index contributed by atoms with van der Waals surface area (Å²) in [5.41, 5.74) is 8.47. The highest BCUT2D eigenvalue weighted by Crippen LogP contribution is 2.31. The van der Waals surface area contributed by atoms with Gasteiger partial charge in [0.1, 0.15) is 5.84 Å². The van der Waals surface area contributed by atoms with Crippen LogP contribution in [0, 0.1) is 5.41 Å². The SMILES string of the molecule is N=C(N)c1ccc(CC(S)c2ccccc2NS(=O)(=O)c2ccccc2)cc1. The largest absolute Gasteiger partial charge is 0.384 e. The third-order valence-corrected chi connectivity index (χ3v) is 6.15. The lowest BCUT2D eigenvalue weighted by molar-refractivity contribution is 0.601. The van der Waals surface area contributed by atoms with Gasteiger partial charge in [-0.2, -0.15) is 12.6 Å². The van der Waals surface area contributed by atoms with Crippen LogP contribution in [0.4, 0.5) is 5.69 Å². The number of anilines is 1. The fourth-order valence-electron chi connectivity index (χ4n) is 2.84. The second-order valence-electron chi connectivity index (χ2n) is 6.34. The van der Waals surface area contributed by atoms with Crippen LogP contribution >= 0.6 is 12.6 Å². The number of nitrogens with two attached hydrogens (primary N) is 1. The number of hydrogen-bond donors (Lipinski definition) is 4. The number of nitrogen functional groups attached to an aromatic ring is 1. The molecule has 0 spiro atoms. The van der Waals surface area contributed by atoms with Crippen LogP contribution in [0.5, 0.6) is 0 Å². The molecule has 3 rings (SSSR count). The van der Waals surface area contributed by atoms with Gasteiger partial charge in [-0.05, 0) is 35.7 Å². The first-order valence-corrected chi connectivity index (χ1v) is 10.6. The average Bonchev–Trinajstić information content (AvgIpc) is 2.69. The van der Waals surface area contributed by atoms with E-state index < -0.39 is 10.0 Å². The van der Waals surface area contributed by atoms with Crippen LogP contribution in [0.1, 0.15) is 21.9 Å². The van der Waals surface area contributed by atoms with Crippen molar-refractivity contribution in [3.05, 3.63) is 95.6 Å². The molecular formula is C21H21N3O2S2. The molecule has 7 heteroatoms. The molecule has 28 heavy (non-hydrogen) atoms. The van der Waals surface area contributed by atoms with Crippen LogP contribution in [0.3, 0.4) is 0 Å². The summed E-state index contributed by atoms with van der Waals surface area (Å²) in [6.45, 7) is 0. The predicted octanol–water partition coefficient (Wildman–Crippen LogP) is 3.99. The Hall–Kier alpha value is -2.77. The van der Waals surface area contributed by atoms with Gasteiger partial charge in [0.15, 0.2) is 0 Å². The minimum Gasteiger partial charge on any atom is -0.384 e. The van der Waals surface area contributed by atoms with Gasteiger partial charge in [0.05, 0.1) is 10.6 Å². The normalized spacial score (nSPS) is 12.3. The van der Waals surface area contributed by atoms with E-state index in [1.54, 1.807) is 54.6 Å². The molecule has 1 atom stereocenters. The van der Waals surface area contributed by atoms with Crippen molar-refractivity contribution in [2.75, 3.05) is 4.72 Å². The highest BCUT2D eigenvalue weighted by atomic mass is 32.2. The standard InChI is InChI=1S/C21H21N3O2S2/c22-21(23)16-12-10-15(11-13-16)14-20(27)18-8-4-5-9-19(18)24-28(25,26)17-6-2-1-3-7-17/h1-13,20,24,27H,14H2,(H3,22,23). The molecular weight excluding hydrogens is 390 g/mol. The van der Waals surface area contributed by atoms with Gasteiger partial charge in [0, 0.05) is 10.8 Å². The summed E-state index contributed by atoms with van der Waals surface area (Å²) < 4.78 is 28.0. The molecule has 0 bridgehead atoms. The van der Waals surface area contributed by atoms with Crippen LogP contribution < -0.4 is 10.5 Å².